The maximum Gasteiger partial charge on any atom is 0.132 e. The molecule has 0 N–H and O–H groups in total. The summed E-state index contributed by atoms with van der Waals surface area (Å²) in [5.74, 6) is 2.32. The van der Waals surface area contributed by atoms with Gasteiger partial charge in [-0.05, 0) is 29.7 Å². The Morgan fingerprint density at radius 3 is 1.70 bits per heavy atom. The molecule has 2 heteroatoms. The van der Waals surface area contributed by atoms with Crippen molar-refractivity contribution < 1.29 is 4.42 Å². The highest BCUT2D eigenvalue weighted by Crippen LogP contribution is 2.43. The first-order valence-electron chi connectivity index (χ1n) is 6.72. The smallest absolute Gasteiger partial charge is 0.132 e. The first-order valence-corrected chi connectivity index (χ1v) is 8.58. The van der Waals surface area contributed by atoms with Gasteiger partial charge in [0.1, 0.15) is 5.50 Å². The van der Waals surface area contributed by atoms with Gasteiger partial charge in [-0.25, -0.2) is 0 Å². The average molecular weight is 280 g/mol. The van der Waals surface area contributed by atoms with Gasteiger partial charge < -0.3 is 4.42 Å². The van der Waals surface area contributed by atoms with Crippen LogP contribution in [0.3, 0.4) is 0 Å². The first kappa shape index (κ1) is 13.0. The van der Waals surface area contributed by atoms with E-state index >= 15 is 0 Å². The fraction of sp³-hybridized carbons (Fsp3) is 0.0556. The molecule has 100 valence electrons. The van der Waals surface area contributed by atoms with Crippen LogP contribution in [0, 0.1) is 0 Å². The number of rotatable bonds is 3. The molecule has 0 unspecified atom stereocenters. The lowest BCUT2D eigenvalue weighted by atomic mass is 10.4. The molecular formula is C18H17OP. The summed E-state index contributed by atoms with van der Waals surface area (Å²) in [6, 6.07) is 25.4. The monoisotopic (exact) mass is 280 g/mol. The van der Waals surface area contributed by atoms with E-state index in [0.717, 1.165) is 5.50 Å². The van der Waals surface area contributed by atoms with Crippen molar-refractivity contribution in [2.45, 2.75) is 6.92 Å². The predicted octanol–water partition coefficient (Wildman–Crippen LogP) is 3.40. The molecule has 1 aromatic heterocycles. The SMILES string of the molecule is CC=P(c1ccccc1)(c1ccccc1)c1ccco1. The molecule has 0 radical (unpaired) electrons. The molecule has 0 saturated carbocycles. The molecule has 1 nitrogen and oxygen atoms in total. The molecule has 0 amide bonds. The second-order valence-corrected chi connectivity index (χ2v) is 8.04. The maximum atomic E-state index is 5.82. The fourth-order valence-corrected chi connectivity index (χ4v) is 6.12. The molecule has 3 rings (SSSR count). The Morgan fingerprint density at radius 2 is 1.30 bits per heavy atom. The summed E-state index contributed by atoms with van der Waals surface area (Å²) in [5.41, 5.74) is 1.05. The molecular weight excluding hydrogens is 263 g/mol. The van der Waals surface area contributed by atoms with E-state index in [1.807, 2.05) is 6.07 Å². The van der Waals surface area contributed by atoms with E-state index in [-0.39, 0.29) is 0 Å². The van der Waals surface area contributed by atoms with E-state index in [1.54, 1.807) is 6.26 Å². The Kier molecular flexibility index (Phi) is 3.62. The van der Waals surface area contributed by atoms with Crippen LogP contribution >= 0.6 is 6.89 Å². The van der Waals surface area contributed by atoms with Gasteiger partial charge in [0, 0.05) is 6.89 Å². The molecule has 3 aromatic rings. The quantitative estimate of drug-likeness (QED) is 0.670. The summed E-state index contributed by atoms with van der Waals surface area (Å²) >= 11 is 0. The van der Waals surface area contributed by atoms with Crippen LogP contribution < -0.4 is 16.1 Å². The Labute approximate surface area is 119 Å². The summed E-state index contributed by atoms with van der Waals surface area (Å²) in [6.07, 6.45) is 1.76. The minimum atomic E-state index is -1.78. The molecule has 0 aliphatic heterocycles. The number of hydrogen-bond donors (Lipinski definition) is 0. The molecule has 0 fully saturated rings. The lowest BCUT2D eigenvalue weighted by Gasteiger charge is -2.25. The second-order valence-electron chi connectivity index (χ2n) is 4.60. The molecule has 0 aliphatic rings. The van der Waals surface area contributed by atoms with Crippen LogP contribution in [-0.2, 0) is 0 Å². The van der Waals surface area contributed by atoms with Crippen LogP contribution in [0.1, 0.15) is 6.92 Å². The Bertz CT molecular complexity index is 669. The molecule has 20 heavy (non-hydrogen) atoms. The van der Waals surface area contributed by atoms with E-state index in [4.69, 9.17) is 4.42 Å². The molecule has 1 heterocycles. The van der Waals surface area contributed by atoms with Gasteiger partial charge in [0.2, 0.25) is 0 Å². The van der Waals surface area contributed by atoms with Crippen LogP contribution in [0.5, 0.6) is 0 Å². The normalized spacial score (nSPS) is 11.2. The van der Waals surface area contributed by atoms with Crippen molar-refractivity contribution in [2.24, 2.45) is 0 Å². The summed E-state index contributed by atoms with van der Waals surface area (Å²) in [7, 11) is 0. The Morgan fingerprint density at radius 1 is 0.750 bits per heavy atom. The van der Waals surface area contributed by atoms with E-state index in [1.165, 1.54) is 10.6 Å². The number of hydrogen-bond acceptors (Lipinski definition) is 1. The van der Waals surface area contributed by atoms with Crippen LogP contribution in [0.25, 0.3) is 0 Å². The van der Waals surface area contributed by atoms with E-state index in [9.17, 15) is 0 Å². The largest absolute Gasteiger partial charge is 0.464 e. The zero-order valence-corrected chi connectivity index (χ0v) is 12.3. The van der Waals surface area contributed by atoms with Crippen molar-refractivity contribution in [2.75, 3.05) is 0 Å². The first-order chi connectivity index (χ1) is 9.88. The highest BCUT2D eigenvalue weighted by molar-refractivity contribution is 7.94. The van der Waals surface area contributed by atoms with Gasteiger partial charge in [-0.1, -0.05) is 66.5 Å². The zero-order valence-electron chi connectivity index (χ0n) is 11.4. The van der Waals surface area contributed by atoms with E-state index in [2.05, 4.69) is 79.5 Å². The molecule has 0 bridgehead atoms. The minimum Gasteiger partial charge on any atom is -0.464 e. The van der Waals surface area contributed by atoms with Gasteiger partial charge in [-0.2, -0.15) is 0 Å². The highest BCUT2D eigenvalue weighted by Gasteiger charge is 2.26. The number of furan rings is 1. The van der Waals surface area contributed by atoms with Gasteiger partial charge >= 0.3 is 0 Å². The third kappa shape index (κ3) is 2.05. The summed E-state index contributed by atoms with van der Waals surface area (Å²) in [4.78, 5) is 0. The van der Waals surface area contributed by atoms with E-state index < -0.39 is 6.89 Å². The van der Waals surface area contributed by atoms with Crippen molar-refractivity contribution in [3.05, 3.63) is 79.1 Å². The second kappa shape index (κ2) is 5.56. The summed E-state index contributed by atoms with van der Waals surface area (Å²) in [5, 5.41) is 2.65. The maximum absolute atomic E-state index is 5.82. The molecule has 0 atom stereocenters. The average Bonchev–Trinajstić information content (AvgIpc) is 3.06. The Hall–Kier alpha value is -1.98. The standard InChI is InChI=1S/C18H17OP/c1-2-20(18-14-9-15-19-18,16-10-5-3-6-11-16)17-12-7-4-8-13-17/h2-15H,1H3. The van der Waals surface area contributed by atoms with Crippen molar-refractivity contribution in [3.8, 4) is 0 Å². The Balaban J connectivity index is 2.34. The fourth-order valence-electron chi connectivity index (χ4n) is 2.63. The van der Waals surface area contributed by atoms with Gasteiger partial charge in [-0.15, -0.1) is 0 Å². The molecule has 0 saturated heterocycles. The molecule has 2 aromatic carbocycles. The van der Waals surface area contributed by atoms with E-state index in [0.29, 0.717) is 0 Å². The predicted molar refractivity (Wildman–Crippen MR) is 89.2 cm³/mol. The third-order valence-corrected chi connectivity index (χ3v) is 7.52. The van der Waals surface area contributed by atoms with Gasteiger partial charge in [-0.3, -0.25) is 0 Å². The lowest BCUT2D eigenvalue weighted by molar-refractivity contribution is 0.603. The lowest BCUT2D eigenvalue weighted by Crippen LogP contribution is -2.25. The van der Waals surface area contributed by atoms with Gasteiger partial charge in [0.15, 0.2) is 0 Å². The zero-order chi connectivity index (χ0) is 13.8. The van der Waals surface area contributed by atoms with Crippen LogP contribution in [-0.4, -0.2) is 5.80 Å². The van der Waals surface area contributed by atoms with Crippen molar-refractivity contribution in [1.82, 2.24) is 0 Å². The third-order valence-electron chi connectivity index (χ3n) is 3.57. The summed E-state index contributed by atoms with van der Waals surface area (Å²) in [6.45, 7) is 0.357. The highest BCUT2D eigenvalue weighted by atomic mass is 31.2. The topological polar surface area (TPSA) is 13.1 Å². The van der Waals surface area contributed by atoms with Crippen molar-refractivity contribution in [3.63, 3.8) is 0 Å². The van der Waals surface area contributed by atoms with Crippen LogP contribution in [0.2, 0.25) is 0 Å². The van der Waals surface area contributed by atoms with Crippen molar-refractivity contribution in [1.29, 1.82) is 0 Å². The minimum absolute atomic E-state index is 1.05. The molecule has 0 spiro atoms. The number of benzene rings is 2. The molecule has 0 aliphatic carbocycles. The van der Waals surface area contributed by atoms with Crippen molar-refractivity contribution >= 4 is 28.8 Å². The van der Waals surface area contributed by atoms with Gasteiger partial charge in [0.05, 0.1) is 6.26 Å². The van der Waals surface area contributed by atoms with Crippen LogP contribution in [0.4, 0.5) is 0 Å². The van der Waals surface area contributed by atoms with Crippen LogP contribution in [0.15, 0.2) is 83.5 Å². The summed E-state index contributed by atoms with van der Waals surface area (Å²) < 4.78 is 5.82. The van der Waals surface area contributed by atoms with Gasteiger partial charge in [0.25, 0.3) is 0 Å².